The van der Waals surface area contributed by atoms with Gasteiger partial charge in [0.2, 0.25) is 5.88 Å². The van der Waals surface area contributed by atoms with Gasteiger partial charge in [-0.3, -0.25) is 0 Å². The highest BCUT2D eigenvalue weighted by Gasteiger charge is 1.98. The summed E-state index contributed by atoms with van der Waals surface area (Å²) >= 11 is 2.25. The van der Waals surface area contributed by atoms with E-state index in [1.807, 2.05) is 43.3 Å². The summed E-state index contributed by atoms with van der Waals surface area (Å²) in [6, 6.07) is 11.7. The molecule has 0 unspecified atom stereocenters. The summed E-state index contributed by atoms with van der Waals surface area (Å²) in [5.74, 6) is 1.45. The molecule has 0 spiro atoms. The summed E-state index contributed by atoms with van der Waals surface area (Å²) < 4.78 is 6.75. The minimum atomic E-state index is 0.627. The zero-order valence-electron chi connectivity index (χ0n) is 8.27. The van der Waals surface area contributed by atoms with Gasteiger partial charge in [-0.1, -0.05) is 12.1 Å². The van der Waals surface area contributed by atoms with E-state index < -0.39 is 0 Å². The second kappa shape index (κ2) is 4.61. The van der Waals surface area contributed by atoms with Crippen molar-refractivity contribution in [3.05, 3.63) is 51.7 Å². The Bertz CT molecular complexity index is 453. The number of ether oxygens (including phenoxy) is 1. The van der Waals surface area contributed by atoms with Crippen LogP contribution in [0.1, 0.15) is 5.56 Å². The number of hydrogen-bond acceptors (Lipinski definition) is 2. The van der Waals surface area contributed by atoms with Crippen LogP contribution in [-0.2, 0) is 0 Å². The Hall–Kier alpha value is -1.10. The first-order valence-corrected chi connectivity index (χ1v) is 5.68. The lowest BCUT2D eigenvalue weighted by Crippen LogP contribution is -1.88. The van der Waals surface area contributed by atoms with Gasteiger partial charge in [-0.2, -0.15) is 0 Å². The first-order valence-electron chi connectivity index (χ1n) is 4.60. The second-order valence-corrected chi connectivity index (χ2v) is 4.48. The number of nitrogens with zero attached hydrogens (tertiary/aromatic N) is 1. The molecular weight excluding hydrogens is 301 g/mol. The quantitative estimate of drug-likeness (QED) is 0.787. The Morgan fingerprint density at radius 1 is 1.20 bits per heavy atom. The fourth-order valence-corrected chi connectivity index (χ4v) is 1.68. The van der Waals surface area contributed by atoms with E-state index in [0.29, 0.717) is 5.88 Å². The molecule has 0 atom stereocenters. The highest BCUT2D eigenvalue weighted by Crippen LogP contribution is 2.20. The van der Waals surface area contributed by atoms with Crippen molar-refractivity contribution < 1.29 is 4.74 Å². The van der Waals surface area contributed by atoms with Gasteiger partial charge in [0, 0.05) is 15.8 Å². The number of hydrogen-bond donors (Lipinski definition) is 0. The molecule has 0 aliphatic carbocycles. The number of benzene rings is 1. The van der Waals surface area contributed by atoms with Crippen molar-refractivity contribution >= 4 is 22.6 Å². The Labute approximate surface area is 102 Å². The molecule has 2 nitrogen and oxygen atoms in total. The van der Waals surface area contributed by atoms with Crippen LogP contribution in [0.25, 0.3) is 0 Å². The molecule has 0 aliphatic rings. The number of halogens is 1. The lowest BCUT2D eigenvalue weighted by molar-refractivity contribution is 0.462. The summed E-state index contributed by atoms with van der Waals surface area (Å²) in [7, 11) is 0. The highest BCUT2D eigenvalue weighted by atomic mass is 127. The van der Waals surface area contributed by atoms with E-state index >= 15 is 0 Å². The van der Waals surface area contributed by atoms with Gasteiger partial charge in [0.25, 0.3) is 0 Å². The van der Waals surface area contributed by atoms with Crippen molar-refractivity contribution in [3.63, 3.8) is 0 Å². The molecule has 0 aliphatic heterocycles. The molecule has 1 aromatic heterocycles. The Kier molecular flexibility index (Phi) is 3.20. The first kappa shape index (κ1) is 10.4. The van der Waals surface area contributed by atoms with E-state index in [1.54, 1.807) is 6.20 Å². The summed E-state index contributed by atoms with van der Waals surface area (Å²) in [5, 5.41) is 0. The summed E-state index contributed by atoms with van der Waals surface area (Å²) in [4.78, 5) is 4.18. The predicted molar refractivity (Wildman–Crippen MR) is 68.2 cm³/mol. The standard InChI is InChI=1S/C12H10INO/c1-9-5-6-12(14-8-9)15-11-4-2-3-10(13)7-11/h2-8H,1H3. The van der Waals surface area contributed by atoms with E-state index in [2.05, 4.69) is 27.6 Å². The lowest BCUT2D eigenvalue weighted by Gasteiger charge is -2.04. The highest BCUT2D eigenvalue weighted by molar-refractivity contribution is 14.1. The molecule has 0 amide bonds. The molecule has 3 heteroatoms. The van der Waals surface area contributed by atoms with Crippen molar-refractivity contribution in [2.24, 2.45) is 0 Å². The monoisotopic (exact) mass is 311 g/mol. The van der Waals surface area contributed by atoms with Crippen LogP contribution < -0.4 is 4.74 Å². The molecule has 0 bridgehead atoms. The average Bonchev–Trinajstić information content (AvgIpc) is 2.22. The maximum atomic E-state index is 5.60. The molecule has 0 radical (unpaired) electrons. The summed E-state index contributed by atoms with van der Waals surface area (Å²) in [6.45, 7) is 2.00. The van der Waals surface area contributed by atoms with Gasteiger partial charge in [0.15, 0.2) is 0 Å². The third kappa shape index (κ3) is 2.92. The molecule has 15 heavy (non-hydrogen) atoms. The van der Waals surface area contributed by atoms with Crippen molar-refractivity contribution in [1.82, 2.24) is 4.98 Å². The van der Waals surface area contributed by atoms with E-state index in [4.69, 9.17) is 4.74 Å². The van der Waals surface area contributed by atoms with Crippen LogP contribution in [0.3, 0.4) is 0 Å². The third-order valence-electron chi connectivity index (χ3n) is 1.90. The van der Waals surface area contributed by atoms with Crippen molar-refractivity contribution in [1.29, 1.82) is 0 Å². The molecular formula is C12H10INO. The van der Waals surface area contributed by atoms with Gasteiger partial charge >= 0.3 is 0 Å². The molecule has 2 aromatic rings. The maximum Gasteiger partial charge on any atom is 0.219 e. The minimum absolute atomic E-state index is 0.627. The molecule has 0 saturated heterocycles. The van der Waals surface area contributed by atoms with Gasteiger partial charge in [0.05, 0.1) is 0 Å². The van der Waals surface area contributed by atoms with Crippen LogP contribution in [0.15, 0.2) is 42.6 Å². The SMILES string of the molecule is Cc1ccc(Oc2cccc(I)c2)nc1. The van der Waals surface area contributed by atoms with Crippen LogP contribution in [0.4, 0.5) is 0 Å². The van der Waals surface area contributed by atoms with Crippen molar-refractivity contribution in [3.8, 4) is 11.6 Å². The van der Waals surface area contributed by atoms with E-state index in [1.165, 1.54) is 0 Å². The smallest absolute Gasteiger partial charge is 0.219 e. The topological polar surface area (TPSA) is 22.1 Å². The number of aromatic nitrogens is 1. The fourth-order valence-electron chi connectivity index (χ4n) is 1.17. The molecule has 0 saturated carbocycles. The van der Waals surface area contributed by atoms with Crippen molar-refractivity contribution in [2.45, 2.75) is 6.92 Å². The number of aryl methyl sites for hydroxylation is 1. The molecule has 1 aromatic carbocycles. The molecule has 76 valence electrons. The van der Waals surface area contributed by atoms with Gasteiger partial charge in [-0.25, -0.2) is 4.98 Å². The van der Waals surface area contributed by atoms with Crippen molar-refractivity contribution in [2.75, 3.05) is 0 Å². The zero-order valence-corrected chi connectivity index (χ0v) is 10.4. The minimum Gasteiger partial charge on any atom is -0.439 e. The maximum absolute atomic E-state index is 5.60. The molecule has 0 N–H and O–H groups in total. The van der Waals surface area contributed by atoms with Gasteiger partial charge in [0.1, 0.15) is 5.75 Å². The number of rotatable bonds is 2. The van der Waals surface area contributed by atoms with Crippen LogP contribution in [0.5, 0.6) is 11.6 Å². The number of pyridine rings is 1. The third-order valence-corrected chi connectivity index (χ3v) is 2.57. The van der Waals surface area contributed by atoms with Crippen LogP contribution >= 0.6 is 22.6 Å². The molecule has 0 fully saturated rings. The Morgan fingerprint density at radius 3 is 2.73 bits per heavy atom. The Balaban J connectivity index is 2.18. The van der Waals surface area contributed by atoms with Crippen LogP contribution in [-0.4, -0.2) is 4.98 Å². The summed E-state index contributed by atoms with van der Waals surface area (Å²) in [6.07, 6.45) is 1.79. The van der Waals surface area contributed by atoms with E-state index in [0.717, 1.165) is 14.9 Å². The lowest BCUT2D eigenvalue weighted by atomic mass is 10.3. The van der Waals surface area contributed by atoms with E-state index in [-0.39, 0.29) is 0 Å². The normalized spacial score (nSPS) is 10.0. The average molecular weight is 311 g/mol. The van der Waals surface area contributed by atoms with Gasteiger partial charge in [-0.15, -0.1) is 0 Å². The fraction of sp³-hybridized carbons (Fsp3) is 0.0833. The van der Waals surface area contributed by atoms with Crippen LogP contribution in [0, 0.1) is 10.5 Å². The second-order valence-electron chi connectivity index (χ2n) is 3.23. The predicted octanol–water partition coefficient (Wildman–Crippen LogP) is 3.79. The summed E-state index contributed by atoms with van der Waals surface area (Å²) in [5.41, 5.74) is 1.13. The Morgan fingerprint density at radius 2 is 2.07 bits per heavy atom. The first-order chi connectivity index (χ1) is 7.24. The zero-order chi connectivity index (χ0) is 10.7. The van der Waals surface area contributed by atoms with Crippen LogP contribution in [0.2, 0.25) is 0 Å². The van der Waals surface area contributed by atoms with Gasteiger partial charge < -0.3 is 4.74 Å². The molecule has 2 rings (SSSR count). The molecule has 1 heterocycles. The van der Waals surface area contributed by atoms with Gasteiger partial charge in [-0.05, 0) is 53.3 Å². The van der Waals surface area contributed by atoms with E-state index in [9.17, 15) is 0 Å². The largest absolute Gasteiger partial charge is 0.439 e.